The summed E-state index contributed by atoms with van der Waals surface area (Å²) in [6.45, 7) is 6.03. The lowest BCUT2D eigenvalue weighted by Crippen LogP contribution is -2.15. The van der Waals surface area contributed by atoms with E-state index in [0.29, 0.717) is 21.7 Å². The largest absolute Gasteiger partial charge is 0.482 e. The number of benzene rings is 2. The molecule has 0 aliphatic carbocycles. The van der Waals surface area contributed by atoms with Crippen LogP contribution in [0.25, 0.3) is 0 Å². The van der Waals surface area contributed by atoms with Crippen LogP contribution in [0.2, 0.25) is 5.02 Å². The van der Waals surface area contributed by atoms with Gasteiger partial charge in [0.05, 0.1) is 5.75 Å². The summed E-state index contributed by atoms with van der Waals surface area (Å²) in [5.74, 6) is 1.63. The van der Waals surface area contributed by atoms with Gasteiger partial charge in [0.1, 0.15) is 5.75 Å². The quantitative estimate of drug-likeness (QED) is 0.536. The Morgan fingerprint density at radius 1 is 1.21 bits per heavy atom. The first-order valence-electron chi connectivity index (χ1n) is 9.15. The molecule has 3 rings (SSSR count). The van der Waals surface area contributed by atoms with Gasteiger partial charge in [-0.3, -0.25) is 4.79 Å². The van der Waals surface area contributed by atoms with Crippen LogP contribution in [0.5, 0.6) is 5.75 Å². The van der Waals surface area contributed by atoms with Gasteiger partial charge in [0.15, 0.2) is 17.1 Å². The van der Waals surface area contributed by atoms with Crippen molar-refractivity contribution < 1.29 is 9.53 Å². The SMILES string of the molecule is Cc1cccc(OC(C)c2nnc(SCC(=O)Nc3ccc(Cl)cc3)n2C)c1C. The van der Waals surface area contributed by atoms with E-state index in [9.17, 15) is 4.79 Å². The number of hydrogen-bond donors (Lipinski definition) is 1. The highest BCUT2D eigenvalue weighted by Crippen LogP contribution is 2.27. The maximum atomic E-state index is 12.2. The van der Waals surface area contributed by atoms with E-state index in [1.807, 2.05) is 37.6 Å². The van der Waals surface area contributed by atoms with Gasteiger partial charge in [-0.2, -0.15) is 0 Å². The van der Waals surface area contributed by atoms with Crippen molar-refractivity contribution in [2.75, 3.05) is 11.1 Å². The van der Waals surface area contributed by atoms with Crippen LogP contribution in [0.1, 0.15) is 30.0 Å². The van der Waals surface area contributed by atoms with E-state index in [-0.39, 0.29) is 17.8 Å². The van der Waals surface area contributed by atoms with Crippen molar-refractivity contribution in [3.63, 3.8) is 0 Å². The van der Waals surface area contributed by atoms with Gasteiger partial charge in [-0.05, 0) is 62.2 Å². The van der Waals surface area contributed by atoms with Crippen LogP contribution in [-0.2, 0) is 11.8 Å². The third-order valence-electron chi connectivity index (χ3n) is 4.55. The van der Waals surface area contributed by atoms with Crippen molar-refractivity contribution in [1.82, 2.24) is 14.8 Å². The number of carbonyl (C=O) groups is 1. The van der Waals surface area contributed by atoms with Crippen LogP contribution >= 0.6 is 23.4 Å². The summed E-state index contributed by atoms with van der Waals surface area (Å²) in [5.41, 5.74) is 2.99. The van der Waals surface area contributed by atoms with E-state index in [4.69, 9.17) is 16.3 Å². The van der Waals surface area contributed by atoms with Gasteiger partial charge < -0.3 is 14.6 Å². The third-order valence-corrected chi connectivity index (χ3v) is 5.82. The molecule has 0 aliphatic heterocycles. The summed E-state index contributed by atoms with van der Waals surface area (Å²) in [7, 11) is 1.87. The molecule has 2 aromatic carbocycles. The average molecular weight is 431 g/mol. The molecule has 1 atom stereocenters. The first kappa shape index (κ1) is 21.2. The molecule has 6 nitrogen and oxygen atoms in total. The van der Waals surface area contributed by atoms with Crippen molar-refractivity contribution in [2.45, 2.75) is 32.0 Å². The van der Waals surface area contributed by atoms with Crippen LogP contribution in [-0.4, -0.2) is 26.4 Å². The van der Waals surface area contributed by atoms with Crippen molar-refractivity contribution in [1.29, 1.82) is 0 Å². The van der Waals surface area contributed by atoms with Gasteiger partial charge in [0, 0.05) is 17.8 Å². The Bertz CT molecular complexity index is 1000. The highest BCUT2D eigenvalue weighted by Gasteiger charge is 2.19. The predicted molar refractivity (Wildman–Crippen MR) is 117 cm³/mol. The number of aromatic nitrogens is 3. The molecule has 0 radical (unpaired) electrons. The highest BCUT2D eigenvalue weighted by molar-refractivity contribution is 7.99. The molecule has 0 spiro atoms. The minimum atomic E-state index is -0.273. The number of rotatable bonds is 7. The van der Waals surface area contributed by atoms with Crippen LogP contribution in [0.3, 0.4) is 0 Å². The molecule has 152 valence electrons. The molecule has 0 saturated heterocycles. The molecule has 1 amide bonds. The maximum Gasteiger partial charge on any atom is 0.234 e. The number of carbonyl (C=O) groups excluding carboxylic acids is 1. The molecule has 1 aromatic heterocycles. The Kier molecular flexibility index (Phi) is 6.82. The van der Waals surface area contributed by atoms with Gasteiger partial charge in [-0.25, -0.2) is 0 Å². The molecule has 1 unspecified atom stereocenters. The minimum absolute atomic E-state index is 0.124. The number of amides is 1. The Hall–Kier alpha value is -2.51. The van der Waals surface area contributed by atoms with E-state index in [1.165, 1.54) is 17.3 Å². The monoisotopic (exact) mass is 430 g/mol. The number of hydrogen-bond acceptors (Lipinski definition) is 5. The second kappa shape index (κ2) is 9.33. The fourth-order valence-electron chi connectivity index (χ4n) is 2.76. The second-order valence-electron chi connectivity index (χ2n) is 6.70. The summed E-state index contributed by atoms with van der Waals surface area (Å²) < 4.78 is 7.95. The Balaban J connectivity index is 1.60. The Morgan fingerprint density at radius 2 is 1.93 bits per heavy atom. The molecule has 0 aliphatic rings. The number of anilines is 1. The summed E-state index contributed by atoms with van der Waals surface area (Å²) in [5, 5.41) is 12.6. The summed E-state index contributed by atoms with van der Waals surface area (Å²) in [6.07, 6.45) is -0.273. The topological polar surface area (TPSA) is 69.0 Å². The van der Waals surface area contributed by atoms with Gasteiger partial charge in [-0.1, -0.05) is 35.5 Å². The van der Waals surface area contributed by atoms with E-state index in [2.05, 4.69) is 28.5 Å². The van der Waals surface area contributed by atoms with Gasteiger partial charge in [0.25, 0.3) is 0 Å². The van der Waals surface area contributed by atoms with E-state index < -0.39 is 0 Å². The maximum absolute atomic E-state index is 12.2. The van der Waals surface area contributed by atoms with E-state index in [0.717, 1.165) is 11.3 Å². The highest BCUT2D eigenvalue weighted by atomic mass is 35.5. The smallest absolute Gasteiger partial charge is 0.234 e. The predicted octanol–water partition coefficient (Wildman–Crippen LogP) is 4.96. The fourth-order valence-corrected chi connectivity index (χ4v) is 3.61. The van der Waals surface area contributed by atoms with Crippen LogP contribution in [0.15, 0.2) is 47.6 Å². The lowest BCUT2D eigenvalue weighted by Gasteiger charge is -2.16. The first-order chi connectivity index (χ1) is 13.8. The molecule has 1 N–H and O–H groups in total. The molecule has 0 saturated carbocycles. The van der Waals surface area contributed by atoms with Crippen molar-refractivity contribution >= 4 is 35.0 Å². The third kappa shape index (κ3) is 5.31. The van der Waals surface area contributed by atoms with Gasteiger partial charge in [0.2, 0.25) is 5.91 Å². The van der Waals surface area contributed by atoms with Crippen molar-refractivity contribution in [3.8, 4) is 5.75 Å². The molecule has 8 heteroatoms. The van der Waals surface area contributed by atoms with Crippen LogP contribution in [0.4, 0.5) is 5.69 Å². The molecule has 0 fully saturated rings. The molecule has 3 aromatic rings. The van der Waals surface area contributed by atoms with Gasteiger partial charge >= 0.3 is 0 Å². The van der Waals surface area contributed by atoms with Crippen LogP contribution < -0.4 is 10.1 Å². The number of nitrogens with zero attached hydrogens (tertiary/aromatic N) is 3. The standard InChI is InChI=1S/C21H23ClN4O2S/c1-13-6-5-7-18(14(13)2)28-15(3)20-24-25-21(26(20)4)29-12-19(27)23-17-10-8-16(22)9-11-17/h5-11,15H,12H2,1-4H3,(H,23,27). The Morgan fingerprint density at radius 3 is 2.66 bits per heavy atom. The van der Waals surface area contributed by atoms with Gasteiger partial charge in [-0.15, -0.1) is 10.2 Å². The summed E-state index contributed by atoms with van der Waals surface area (Å²) in [6, 6.07) is 13.0. The molecule has 1 heterocycles. The lowest BCUT2D eigenvalue weighted by molar-refractivity contribution is -0.113. The number of ether oxygens (including phenoxy) is 1. The van der Waals surface area contributed by atoms with E-state index in [1.54, 1.807) is 24.3 Å². The fraction of sp³-hybridized carbons (Fsp3) is 0.286. The molecular formula is C21H23ClN4O2S. The second-order valence-corrected chi connectivity index (χ2v) is 8.08. The zero-order valence-electron chi connectivity index (χ0n) is 16.8. The van der Waals surface area contributed by atoms with Crippen molar-refractivity contribution in [3.05, 3.63) is 64.4 Å². The van der Waals surface area contributed by atoms with E-state index >= 15 is 0 Å². The Labute approximate surface area is 179 Å². The summed E-state index contributed by atoms with van der Waals surface area (Å²) >= 11 is 7.18. The minimum Gasteiger partial charge on any atom is -0.482 e. The lowest BCUT2D eigenvalue weighted by atomic mass is 10.1. The zero-order valence-corrected chi connectivity index (χ0v) is 18.3. The zero-order chi connectivity index (χ0) is 21.0. The number of thioether (sulfide) groups is 1. The van der Waals surface area contributed by atoms with Crippen molar-refractivity contribution in [2.24, 2.45) is 7.05 Å². The number of aryl methyl sites for hydroxylation is 1. The normalized spacial score (nSPS) is 11.9. The molecule has 0 bridgehead atoms. The number of nitrogens with one attached hydrogen (secondary N) is 1. The summed E-state index contributed by atoms with van der Waals surface area (Å²) in [4.78, 5) is 12.2. The molecular weight excluding hydrogens is 408 g/mol. The van der Waals surface area contributed by atoms with Crippen LogP contribution in [0, 0.1) is 13.8 Å². The number of halogens is 1. The first-order valence-corrected chi connectivity index (χ1v) is 10.5. The molecule has 29 heavy (non-hydrogen) atoms. The average Bonchev–Trinajstić information content (AvgIpc) is 3.06.